The molecular formula is C18H14ClN3O4S. The van der Waals surface area contributed by atoms with E-state index in [-0.39, 0.29) is 24.0 Å². The quantitative estimate of drug-likeness (QED) is 0.623. The molecule has 1 atom stereocenters. The summed E-state index contributed by atoms with van der Waals surface area (Å²) < 4.78 is 0. The summed E-state index contributed by atoms with van der Waals surface area (Å²) in [4.78, 5) is 37.1. The molecule has 138 valence electrons. The number of halogens is 1. The molecule has 4 rings (SSSR count). The van der Waals surface area contributed by atoms with Gasteiger partial charge in [0, 0.05) is 35.0 Å². The van der Waals surface area contributed by atoms with Crippen molar-refractivity contribution < 1.29 is 14.5 Å². The minimum Gasteiger partial charge on any atom is -0.349 e. The van der Waals surface area contributed by atoms with Crippen LogP contribution in [-0.2, 0) is 16.1 Å². The van der Waals surface area contributed by atoms with E-state index in [0.717, 1.165) is 10.5 Å². The number of nitrogens with one attached hydrogen (secondary N) is 1. The fraction of sp³-hybridized carbons (Fsp3) is 0.222. The highest BCUT2D eigenvalue weighted by atomic mass is 35.5. The largest absolute Gasteiger partial charge is 0.349 e. The molecule has 2 heterocycles. The van der Waals surface area contributed by atoms with Gasteiger partial charge < -0.3 is 5.32 Å². The van der Waals surface area contributed by atoms with Crippen LogP contribution in [-0.4, -0.2) is 21.6 Å². The maximum absolute atomic E-state index is 13.0. The van der Waals surface area contributed by atoms with Crippen LogP contribution in [0.1, 0.15) is 18.4 Å². The first kappa shape index (κ1) is 17.8. The number of anilines is 1. The number of nitrogens with zero attached hydrogens (tertiary/aromatic N) is 2. The first-order valence-corrected chi connectivity index (χ1v) is 9.43. The van der Waals surface area contributed by atoms with Gasteiger partial charge in [-0.3, -0.25) is 24.6 Å². The molecule has 2 aromatic rings. The smallest absolute Gasteiger partial charge is 0.269 e. The summed E-state index contributed by atoms with van der Waals surface area (Å²) in [7, 11) is 0. The van der Waals surface area contributed by atoms with Gasteiger partial charge in [-0.2, -0.15) is 0 Å². The fourth-order valence-corrected chi connectivity index (χ4v) is 4.96. The molecule has 2 aliphatic heterocycles. The number of rotatable bonds is 4. The number of hydrogen-bond donors (Lipinski definition) is 1. The number of carbonyl (C=O) groups is 2. The summed E-state index contributed by atoms with van der Waals surface area (Å²) in [5, 5.41) is 14.1. The summed E-state index contributed by atoms with van der Waals surface area (Å²) in [5.41, 5.74) is 1.40. The molecular weight excluding hydrogens is 390 g/mol. The zero-order chi connectivity index (χ0) is 19.2. The molecule has 0 saturated carbocycles. The Labute approximate surface area is 163 Å². The number of amides is 2. The van der Waals surface area contributed by atoms with Gasteiger partial charge in [-0.05, 0) is 30.2 Å². The standard InChI is InChI=1S/C18H14ClN3O4S/c19-12-3-6-15-14(9-12)21-16(23)7-8-18(21,27-15)17(24)20-10-11-1-4-13(5-2-11)22(25)26/h1-6,9H,7-8,10H2,(H,20,24)/t18-/m1/s1. The molecule has 0 aromatic heterocycles. The Hall–Kier alpha value is -2.58. The molecule has 1 fully saturated rings. The molecule has 0 spiro atoms. The molecule has 1 N–H and O–H groups in total. The van der Waals surface area contributed by atoms with E-state index in [0.29, 0.717) is 23.6 Å². The lowest BCUT2D eigenvalue weighted by Crippen LogP contribution is -2.52. The SMILES string of the molecule is O=C1CC[C@]2(C(=O)NCc3ccc([N+](=O)[O-])cc3)Sc3ccc(Cl)cc3N12. The zero-order valence-corrected chi connectivity index (χ0v) is 15.5. The number of nitro groups is 1. The molecule has 9 heteroatoms. The van der Waals surface area contributed by atoms with Gasteiger partial charge in [0.05, 0.1) is 10.6 Å². The highest BCUT2D eigenvalue weighted by Gasteiger charge is 2.57. The molecule has 1 saturated heterocycles. The van der Waals surface area contributed by atoms with Crippen molar-refractivity contribution in [2.45, 2.75) is 29.2 Å². The first-order valence-electron chi connectivity index (χ1n) is 8.24. The normalized spacial score (nSPS) is 20.3. The summed E-state index contributed by atoms with van der Waals surface area (Å²) in [6.07, 6.45) is 0.707. The number of fused-ring (bicyclic) bond motifs is 3. The van der Waals surface area contributed by atoms with Crippen molar-refractivity contribution in [3.63, 3.8) is 0 Å². The van der Waals surface area contributed by atoms with Gasteiger partial charge in [0.25, 0.3) is 11.6 Å². The Bertz CT molecular complexity index is 966. The van der Waals surface area contributed by atoms with Crippen LogP contribution in [0.4, 0.5) is 11.4 Å². The van der Waals surface area contributed by atoms with E-state index in [1.54, 1.807) is 29.2 Å². The van der Waals surface area contributed by atoms with Crippen molar-refractivity contribution >= 4 is 46.6 Å². The fourth-order valence-electron chi connectivity index (χ4n) is 3.38. The Balaban J connectivity index is 1.54. The van der Waals surface area contributed by atoms with E-state index in [9.17, 15) is 19.7 Å². The van der Waals surface area contributed by atoms with Crippen LogP contribution in [0.5, 0.6) is 0 Å². The average Bonchev–Trinajstić information content (AvgIpc) is 3.16. The van der Waals surface area contributed by atoms with E-state index < -0.39 is 9.79 Å². The molecule has 27 heavy (non-hydrogen) atoms. The van der Waals surface area contributed by atoms with Crippen molar-refractivity contribution in [3.05, 3.63) is 63.2 Å². The predicted molar refractivity (Wildman–Crippen MR) is 102 cm³/mol. The lowest BCUT2D eigenvalue weighted by atomic mass is 10.1. The molecule has 0 bridgehead atoms. The first-order chi connectivity index (χ1) is 12.9. The monoisotopic (exact) mass is 403 g/mol. The molecule has 0 radical (unpaired) electrons. The number of hydrogen-bond acceptors (Lipinski definition) is 5. The lowest BCUT2D eigenvalue weighted by molar-refractivity contribution is -0.384. The number of non-ortho nitro benzene ring substituents is 1. The highest BCUT2D eigenvalue weighted by molar-refractivity contribution is 8.02. The summed E-state index contributed by atoms with van der Waals surface area (Å²) in [6, 6.07) is 11.3. The maximum atomic E-state index is 13.0. The van der Waals surface area contributed by atoms with Gasteiger partial charge >= 0.3 is 0 Å². The second-order valence-corrected chi connectivity index (χ2v) is 8.09. The molecule has 0 unspecified atom stereocenters. The van der Waals surface area contributed by atoms with Crippen molar-refractivity contribution in [1.82, 2.24) is 5.32 Å². The Morgan fingerprint density at radius 2 is 2.04 bits per heavy atom. The van der Waals surface area contributed by atoms with Gasteiger partial charge in [-0.1, -0.05) is 35.5 Å². The number of carbonyl (C=O) groups excluding carboxylic acids is 2. The Morgan fingerprint density at radius 3 is 2.74 bits per heavy atom. The summed E-state index contributed by atoms with van der Waals surface area (Å²) in [5.74, 6) is -0.363. The summed E-state index contributed by atoms with van der Waals surface area (Å²) in [6.45, 7) is 0.221. The van der Waals surface area contributed by atoms with Crippen LogP contribution in [0.3, 0.4) is 0 Å². The third-order valence-electron chi connectivity index (χ3n) is 4.68. The van der Waals surface area contributed by atoms with Gasteiger partial charge in [0.2, 0.25) is 5.91 Å². The van der Waals surface area contributed by atoms with E-state index in [1.165, 1.54) is 23.9 Å². The third-order valence-corrected chi connectivity index (χ3v) is 6.39. The van der Waals surface area contributed by atoms with Crippen LogP contribution in [0.15, 0.2) is 47.4 Å². The van der Waals surface area contributed by atoms with Crippen molar-refractivity contribution in [3.8, 4) is 0 Å². The van der Waals surface area contributed by atoms with Gasteiger partial charge in [-0.15, -0.1) is 0 Å². The Morgan fingerprint density at radius 1 is 1.30 bits per heavy atom. The van der Waals surface area contributed by atoms with E-state index in [1.807, 2.05) is 6.07 Å². The topological polar surface area (TPSA) is 92.5 Å². The number of thioether (sulfide) groups is 1. The minimum absolute atomic E-state index is 0.00471. The molecule has 7 nitrogen and oxygen atoms in total. The van der Waals surface area contributed by atoms with Crippen LogP contribution in [0.25, 0.3) is 0 Å². The van der Waals surface area contributed by atoms with E-state index in [4.69, 9.17) is 11.6 Å². The molecule has 2 aliphatic rings. The minimum atomic E-state index is -1.01. The number of nitro benzene ring substituents is 1. The van der Waals surface area contributed by atoms with Crippen LogP contribution in [0, 0.1) is 10.1 Å². The zero-order valence-electron chi connectivity index (χ0n) is 14.0. The van der Waals surface area contributed by atoms with Crippen molar-refractivity contribution in [2.75, 3.05) is 4.90 Å². The van der Waals surface area contributed by atoms with Crippen LogP contribution in [0.2, 0.25) is 5.02 Å². The molecule has 0 aliphatic carbocycles. The predicted octanol–water partition coefficient (Wildman–Crippen LogP) is 3.49. The highest BCUT2D eigenvalue weighted by Crippen LogP contribution is 2.56. The Kier molecular flexibility index (Phi) is 4.32. The van der Waals surface area contributed by atoms with Crippen molar-refractivity contribution in [2.24, 2.45) is 0 Å². The van der Waals surface area contributed by atoms with Gasteiger partial charge in [0.15, 0.2) is 4.87 Å². The second-order valence-electron chi connectivity index (χ2n) is 6.33. The second kappa shape index (κ2) is 6.54. The van der Waals surface area contributed by atoms with Crippen LogP contribution < -0.4 is 10.2 Å². The van der Waals surface area contributed by atoms with Gasteiger partial charge in [0.1, 0.15) is 0 Å². The van der Waals surface area contributed by atoms with Crippen molar-refractivity contribution in [1.29, 1.82) is 0 Å². The molecule has 2 aromatic carbocycles. The number of benzene rings is 2. The third kappa shape index (κ3) is 2.94. The maximum Gasteiger partial charge on any atom is 0.269 e. The summed E-state index contributed by atoms with van der Waals surface area (Å²) >= 11 is 7.43. The van der Waals surface area contributed by atoms with Crippen LogP contribution >= 0.6 is 23.4 Å². The average molecular weight is 404 g/mol. The van der Waals surface area contributed by atoms with E-state index >= 15 is 0 Å². The molecule has 2 amide bonds. The lowest BCUT2D eigenvalue weighted by Gasteiger charge is -2.29. The van der Waals surface area contributed by atoms with E-state index in [2.05, 4.69) is 5.32 Å². The van der Waals surface area contributed by atoms with Gasteiger partial charge in [-0.25, -0.2) is 0 Å².